The Labute approximate surface area is 149 Å². The van der Waals surface area contributed by atoms with E-state index in [1.807, 2.05) is 30.3 Å². The number of hydrogen-bond acceptors (Lipinski definition) is 2. The number of hydrogen-bond donors (Lipinski definition) is 0. The zero-order valence-corrected chi connectivity index (χ0v) is 14.1. The number of allylic oxidation sites excluding steroid dienone is 1. The van der Waals surface area contributed by atoms with Gasteiger partial charge in [-0.3, -0.25) is 4.99 Å². The molecule has 0 aliphatic carbocycles. The van der Waals surface area contributed by atoms with Gasteiger partial charge in [0.15, 0.2) is 11.6 Å². The maximum Gasteiger partial charge on any atom is 0.573 e. The van der Waals surface area contributed by atoms with Gasteiger partial charge < -0.3 is 4.74 Å². The molecule has 0 fully saturated rings. The van der Waals surface area contributed by atoms with Gasteiger partial charge in [-0.2, -0.15) is 0 Å². The number of aryl methyl sites for hydroxylation is 1. The number of rotatable bonds is 8. The van der Waals surface area contributed by atoms with Crippen LogP contribution in [0.5, 0.6) is 5.75 Å². The maximum absolute atomic E-state index is 13.6. The average molecular weight is 365 g/mol. The predicted octanol–water partition coefficient (Wildman–Crippen LogP) is 6.37. The molecule has 0 saturated carbocycles. The summed E-state index contributed by atoms with van der Waals surface area (Å²) in [5.74, 6) is -2.00. The van der Waals surface area contributed by atoms with Crippen LogP contribution < -0.4 is 4.74 Å². The molecule has 0 aliphatic heterocycles. The zero-order valence-electron chi connectivity index (χ0n) is 14.1. The monoisotopic (exact) mass is 365 g/mol. The standard InChI is InChI=1S/C20H19F4NO/c1-2-3-4-5-6-15-7-9-16(10-8-15)14-25-17-11-12-19(18(21)13-17)26-20(22,23)24/h2,7-14H,1,3-6H2. The second-order valence-electron chi connectivity index (χ2n) is 5.70. The summed E-state index contributed by atoms with van der Waals surface area (Å²) in [4.78, 5) is 4.08. The molecule has 2 aromatic carbocycles. The fourth-order valence-corrected chi connectivity index (χ4v) is 2.31. The highest BCUT2D eigenvalue weighted by Gasteiger charge is 2.32. The average Bonchev–Trinajstić information content (AvgIpc) is 2.59. The number of halogens is 4. The van der Waals surface area contributed by atoms with Crippen molar-refractivity contribution in [3.8, 4) is 5.75 Å². The van der Waals surface area contributed by atoms with Crippen LogP contribution in [0.2, 0.25) is 0 Å². The van der Waals surface area contributed by atoms with E-state index in [-0.39, 0.29) is 5.69 Å². The first-order valence-electron chi connectivity index (χ1n) is 8.16. The third-order valence-corrected chi connectivity index (χ3v) is 3.61. The molecule has 0 heterocycles. The van der Waals surface area contributed by atoms with E-state index in [1.54, 1.807) is 0 Å². The molecular weight excluding hydrogens is 346 g/mol. The number of unbranched alkanes of at least 4 members (excludes halogenated alkanes) is 2. The third kappa shape index (κ3) is 6.70. The normalized spacial score (nSPS) is 11.7. The Kier molecular flexibility index (Phi) is 6.95. The molecule has 26 heavy (non-hydrogen) atoms. The van der Waals surface area contributed by atoms with Crippen molar-refractivity contribution in [2.24, 2.45) is 4.99 Å². The fraction of sp³-hybridized carbons (Fsp3) is 0.250. The summed E-state index contributed by atoms with van der Waals surface area (Å²) in [6.07, 6.45) is 2.69. The number of aliphatic imine (C=N–C) groups is 1. The van der Waals surface area contributed by atoms with Gasteiger partial charge in [0.25, 0.3) is 0 Å². The Morgan fingerprint density at radius 3 is 2.38 bits per heavy atom. The molecule has 0 bridgehead atoms. The van der Waals surface area contributed by atoms with E-state index in [2.05, 4.69) is 16.3 Å². The Balaban J connectivity index is 1.96. The third-order valence-electron chi connectivity index (χ3n) is 3.61. The first kappa shape index (κ1) is 19.7. The highest BCUT2D eigenvalue weighted by Crippen LogP contribution is 2.28. The van der Waals surface area contributed by atoms with E-state index in [4.69, 9.17) is 0 Å². The second-order valence-corrected chi connectivity index (χ2v) is 5.70. The molecular formula is C20H19F4NO. The summed E-state index contributed by atoms with van der Waals surface area (Å²) in [6.45, 7) is 3.69. The first-order chi connectivity index (χ1) is 12.4. The first-order valence-corrected chi connectivity index (χ1v) is 8.16. The maximum atomic E-state index is 13.6. The minimum Gasteiger partial charge on any atom is -0.403 e. The highest BCUT2D eigenvalue weighted by molar-refractivity contribution is 5.82. The van der Waals surface area contributed by atoms with Crippen LogP contribution in [-0.2, 0) is 6.42 Å². The molecule has 138 valence electrons. The van der Waals surface area contributed by atoms with Crippen molar-refractivity contribution in [1.29, 1.82) is 0 Å². The van der Waals surface area contributed by atoms with E-state index in [1.165, 1.54) is 17.8 Å². The van der Waals surface area contributed by atoms with Gasteiger partial charge in [0.1, 0.15) is 0 Å². The summed E-state index contributed by atoms with van der Waals surface area (Å²) in [6, 6.07) is 10.8. The summed E-state index contributed by atoms with van der Waals surface area (Å²) < 4.78 is 53.6. The molecule has 0 saturated heterocycles. The van der Waals surface area contributed by atoms with E-state index in [0.717, 1.165) is 43.4 Å². The van der Waals surface area contributed by atoms with Crippen LogP contribution in [-0.4, -0.2) is 12.6 Å². The Morgan fingerprint density at radius 2 is 1.77 bits per heavy atom. The van der Waals surface area contributed by atoms with Crippen LogP contribution in [0.1, 0.15) is 30.4 Å². The molecule has 0 radical (unpaired) electrons. The lowest BCUT2D eigenvalue weighted by Crippen LogP contribution is -2.17. The van der Waals surface area contributed by atoms with Crippen molar-refractivity contribution in [3.05, 3.63) is 72.1 Å². The molecule has 2 nitrogen and oxygen atoms in total. The Bertz CT molecular complexity index is 751. The molecule has 2 rings (SSSR count). The van der Waals surface area contributed by atoms with E-state index >= 15 is 0 Å². The van der Waals surface area contributed by atoms with Crippen LogP contribution >= 0.6 is 0 Å². The van der Waals surface area contributed by atoms with Crippen molar-refractivity contribution in [2.75, 3.05) is 0 Å². The van der Waals surface area contributed by atoms with Gasteiger partial charge >= 0.3 is 6.36 Å². The number of nitrogens with zero attached hydrogens (tertiary/aromatic N) is 1. The molecule has 0 N–H and O–H groups in total. The predicted molar refractivity (Wildman–Crippen MR) is 94.5 cm³/mol. The van der Waals surface area contributed by atoms with Crippen LogP contribution in [0.4, 0.5) is 23.2 Å². The van der Waals surface area contributed by atoms with Gasteiger partial charge in [0.2, 0.25) is 0 Å². The van der Waals surface area contributed by atoms with Crippen molar-refractivity contribution >= 4 is 11.9 Å². The van der Waals surface area contributed by atoms with Crippen molar-refractivity contribution in [1.82, 2.24) is 0 Å². The fourth-order valence-electron chi connectivity index (χ4n) is 2.31. The topological polar surface area (TPSA) is 21.6 Å². The van der Waals surface area contributed by atoms with Crippen molar-refractivity contribution < 1.29 is 22.3 Å². The lowest BCUT2D eigenvalue weighted by atomic mass is 10.1. The smallest absolute Gasteiger partial charge is 0.403 e. The lowest BCUT2D eigenvalue weighted by molar-refractivity contribution is -0.275. The Hall–Kier alpha value is -2.63. The van der Waals surface area contributed by atoms with E-state index in [0.29, 0.717) is 0 Å². The van der Waals surface area contributed by atoms with E-state index < -0.39 is 17.9 Å². The van der Waals surface area contributed by atoms with Gasteiger partial charge in [0.05, 0.1) is 5.69 Å². The quantitative estimate of drug-likeness (QED) is 0.230. The number of benzene rings is 2. The summed E-state index contributed by atoms with van der Waals surface area (Å²) in [5, 5.41) is 0. The van der Waals surface area contributed by atoms with Crippen LogP contribution in [0.3, 0.4) is 0 Å². The minimum atomic E-state index is -4.93. The molecule has 0 aliphatic rings. The van der Waals surface area contributed by atoms with Crippen molar-refractivity contribution in [3.63, 3.8) is 0 Å². The summed E-state index contributed by atoms with van der Waals surface area (Å²) >= 11 is 0. The lowest BCUT2D eigenvalue weighted by Gasteiger charge is -2.09. The number of alkyl halides is 3. The summed E-state index contributed by atoms with van der Waals surface area (Å²) in [5.41, 5.74) is 2.23. The molecule has 0 atom stereocenters. The molecule has 0 aromatic heterocycles. The van der Waals surface area contributed by atoms with Gasteiger partial charge in [-0.1, -0.05) is 30.3 Å². The largest absolute Gasteiger partial charge is 0.573 e. The molecule has 0 amide bonds. The van der Waals surface area contributed by atoms with Gasteiger partial charge in [0, 0.05) is 12.3 Å². The SMILES string of the molecule is C=CCCCCc1ccc(C=Nc2ccc(OC(F)(F)F)c(F)c2)cc1. The van der Waals surface area contributed by atoms with E-state index in [9.17, 15) is 17.6 Å². The van der Waals surface area contributed by atoms with Gasteiger partial charge in [-0.25, -0.2) is 4.39 Å². The molecule has 2 aromatic rings. The summed E-state index contributed by atoms with van der Waals surface area (Å²) in [7, 11) is 0. The molecule has 0 unspecified atom stereocenters. The van der Waals surface area contributed by atoms with Gasteiger partial charge in [-0.05, 0) is 48.9 Å². The van der Waals surface area contributed by atoms with Gasteiger partial charge in [-0.15, -0.1) is 19.8 Å². The Morgan fingerprint density at radius 1 is 1.04 bits per heavy atom. The highest BCUT2D eigenvalue weighted by atomic mass is 19.4. The number of ether oxygens (including phenoxy) is 1. The zero-order chi connectivity index (χ0) is 19.0. The molecule has 6 heteroatoms. The minimum absolute atomic E-state index is 0.200. The van der Waals surface area contributed by atoms with Crippen LogP contribution in [0, 0.1) is 5.82 Å². The molecule has 0 spiro atoms. The van der Waals surface area contributed by atoms with Crippen LogP contribution in [0.25, 0.3) is 0 Å². The second kappa shape index (κ2) is 9.17. The van der Waals surface area contributed by atoms with Crippen molar-refractivity contribution in [2.45, 2.75) is 32.0 Å². The van der Waals surface area contributed by atoms with Crippen LogP contribution in [0.15, 0.2) is 60.1 Å².